The molecule has 7 heteroatoms. The molecule has 3 aromatic rings. The maximum Gasteiger partial charge on any atom is 0.231 e. The first-order valence-electron chi connectivity index (χ1n) is 9.58. The minimum absolute atomic E-state index is 0.284. The first kappa shape index (κ1) is 19.3. The smallest absolute Gasteiger partial charge is 0.231 e. The molecule has 2 aromatic heterocycles. The number of aromatic nitrogens is 3. The van der Waals surface area contributed by atoms with Crippen molar-refractivity contribution in [1.29, 1.82) is 0 Å². The molecule has 0 bridgehead atoms. The van der Waals surface area contributed by atoms with Crippen molar-refractivity contribution in [3.05, 3.63) is 77.6 Å². The zero-order valence-corrected chi connectivity index (χ0v) is 16.5. The molecule has 0 fully saturated rings. The van der Waals surface area contributed by atoms with Crippen molar-refractivity contribution in [2.75, 3.05) is 20.5 Å². The second-order valence-electron chi connectivity index (χ2n) is 6.94. The van der Waals surface area contributed by atoms with Crippen LogP contribution in [0.15, 0.2) is 55.1 Å². The number of fused-ring (bicyclic) bond motifs is 1. The van der Waals surface area contributed by atoms with Gasteiger partial charge in [0, 0.05) is 63.5 Å². The van der Waals surface area contributed by atoms with Crippen LogP contribution < -0.4 is 9.47 Å². The third kappa shape index (κ3) is 5.28. The van der Waals surface area contributed by atoms with Gasteiger partial charge in [-0.1, -0.05) is 6.07 Å². The van der Waals surface area contributed by atoms with E-state index in [-0.39, 0.29) is 6.79 Å². The van der Waals surface area contributed by atoms with Gasteiger partial charge < -0.3 is 14.2 Å². The highest BCUT2D eigenvalue weighted by Crippen LogP contribution is 2.33. The highest BCUT2D eigenvalue weighted by Gasteiger charge is 2.15. The standard InChI is InChI=1S/C22H24N4O3/c1-27-9-6-22-24-11-19(12-25-22)15-26(13-17-4-7-23-8-5-17)14-18-2-3-20-21(10-18)29-16-28-20/h2-5,7-8,10-12H,6,9,13-16H2,1H3. The molecule has 1 aliphatic rings. The van der Waals surface area contributed by atoms with Crippen LogP contribution in [0.25, 0.3) is 0 Å². The Labute approximate surface area is 170 Å². The number of hydrogen-bond acceptors (Lipinski definition) is 7. The van der Waals surface area contributed by atoms with Crippen molar-refractivity contribution < 1.29 is 14.2 Å². The topological polar surface area (TPSA) is 69.6 Å². The van der Waals surface area contributed by atoms with Crippen LogP contribution in [0, 0.1) is 0 Å². The van der Waals surface area contributed by atoms with Crippen molar-refractivity contribution in [3.63, 3.8) is 0 Å². The third-order valence-corrected chi connectivity index (χ3v) is 4.69. The number of ether oxygens (including phenoxy) is 3. The summed E-state index contributed by atoms with van der Waals surface area (Å²) in [5.74, 6) is 2.40. The lowest BCUT2D eigenvalue weighted by Gasteiger charge is -2.22. The molecule has 3 heterocycles. The highest BCUT2D eigenvalue weighted by molar-refractivity contribution is 5.44. The van der Waals surface area contributed by atoms with Crippen LogP contribution in [0.4, 0.5) is 0 Å². The summed E-state index contributed by atoms with van der Waals surface area (Å²) in [4.78, 5) is 15.4. The number of benzene rings is 1. The SMILES string of the molecule is COCCc1ncc(CN(Cc2ccncc2)Cc2ccc3c(c2)OCO3)cn1. The van der Waals surface area contributed by atoms with Crippen molar-refractivity contribution >= 4 is 0 Å². The first-order chi connectivity index (χ1) is 14.3. The van der Waals surface area contributed by atoms with Crippen LogP contribution in [0.2, 0.25) is 0 Å². The molecule has 0 N–H and O–H groups in total. The molecule has 7 nitrogen and oxygen atoms in total. The summed E-state index contributed by atoms with van der Waals surface area (Å²) in [6, 6.07) is 10.2. The molecule has 1 aliphatic heterocycles. The van der Waals surface area contributed by atoms with Crippen LogP contribution >= 0.6 is 0 Å². The molecule has 4 rings (SSSR count). The molecule has 150 valence electrons. The summed E-state index contributed by atoms with van der Waals surface area (Å²) in [7, 11) is 1.68. The van der Waals surface area contributed by atoms with E-state index in [0.717, 1.165) is 42.5 Å². The van der Waals surface area contributed by atoms with Crippen molar-refractivity contribution in [2.45, 2.75) is 26.1 Å². The van der Waals surface area contributed by atoms with E-state index in [1.807, 2.05) is 49.1 Å². The Balaban J connectivity index is 1.48. The number of rotatable bonds is 9. The fraction of sp³-hybridized carbons (Fsp3) is 0.318. The fourth-order valence-electron chi connectivity index (χ4n) is 3.26. The molecule has 0 spiro atoms. The fourth-order valence-corrected chi connectivity index (χ4v) is 3.26. The lowest BCUT2D eigenvalue weighted by molar-refractivity contribution is 0.174. The van der Waals surface area contributed by atoms with E-state index in [0.29, 0.717) is 13.0 Å². The average molecular weight is 392 g/mol. The van der Waals surface area contributed by atoms with Gasteiger partial charge in [-0.05, 0) is 35.4 Å². The minimum Gasteiger partial charge on any atom is -0.454 e. The molecule has 29 heavy (non-hydrogen) atoms. The Bertz CT molecular complexity index is 919. The zero-order chi connectivity index (χ0) is 19.9. The molecular weight excluding hydrogens is 368 g/mol. The summed E-state index contributed by atoms with van der Waals surface area (Å²) in [6.45, 7) is 3.21. The largest absolute Gasteiger partial charge is 0.454 e. The lowest BCUT2D eigenvalue weighted by Crippen LogP contribution is -2.22. The zero-order valence-electron chi connectivity index (χ0n) is 16.5. The molecule has 0 aliphatic carbocycles. The van der Waals surface area contributed by atoms with Crippen LogP contribution in [0.5, 0.6) is 11.5 Å². The predicted octanol–water partition coefficient (Wildman–Crippen LogP) is 2.99. The van der Waals surface area contributed by atoms with Crippen molar-refractivity contribution in [1.82, 2.24) is 19.9 Å². The molecule has 0 radical (unpaired) electrons. The Morgan fingerprint density at radius 1 is 0.897 bits per heavy atom. The second-order valence-corrected chi connectivity index (χ2v) is 6.94. The maximum atomic E-state index is 5.52. The van der Waals surface area contributed by atoms with Crippen LogP contribution in [0.1, 0.15) is 22.5 Å². The summed E-state index contributed by atoms with van der Waals surface area (Å²) in [5.41, 5.74) is 3.44. The summed E-state index contributed by atoms with van der Waals surface area (Å²) in [6.07, 6.45) is 8.16. The van der Waals surface area contributed by atoms with Gasteiger partial charge in [0.1, 0.15) is 5.82 Å². The first-order valence-corrected chi connectivity index (χ1v) is 9.58. The van der Waals surface area contributed by atoms with Crippen molar-refractivity contribution in [2.24, 2.45) is 0 Å². The molecular formula is C22H24N4O3. The van der Waals surface area contributed by atoms with E-state index >= 15 is 0 Å². The molecule has 0 saturated carbocycles. The van der Waals surface area contributed by atoms with E-state index in [1.54, 1.807) is 7.11 Å². The van der Waals surface area contributed by atoms with Gasteiger partial charge in [-0.15, -0.1) is 0 Å². The van der Waals surface area contributed by atoms with Gasteiger partial charge in [-0.3, -0.25) is 9.88 Å². The van der Waals surface area contributed by atoms with Gasteiger partial charge in [-0.2, -0.15) is 0 Å². The number of nitrogens with zero attached hydrogens (tertiary/aromatic N) is 4. The maximum absolute atomic E-state index is 5.52. The van der Waals surface area contributed by atoms with E-state index in [4.69, 9.17) is 14.2 Å². The molecule has 0 saturated heterocycles. The van der Waals surface area contributed by atoms with Gasteiger partial charge >= 0.3 is 0 Å². The highest BCUT2D eigenvalue weighted by atomic mass is 16.7. The molecule has 1 aromatic carbocycles. The second kappa shape index (κ2) is 9.45. The summed E-state index contributed by atoms with van der Waals surface area (Å²) < 4.78 is 16.0. The van der Waals surface area contributed by atoms with Crippen molar-refractivity contribution in [3.8, 4) is 11.5 Å². The number of pyridine rings is 1. The number of methoxy groups -OCH3 is 1. The quantitative estimate of drug-likeness (QED) is 0.554. The van der Waals surface area contributed by atoms with Crippen LogP contribution in [0.3, 0.4) is 0 Å². The monoisotopic (exact) mass is 392 g/mol. The minimum atomic E-state index is 0.284. The molecule has 0 atom stereocenters. The van der Waals surface area contributed by atoms with Crippen LogP contribution in [-0.2, 0) is 30.8 Å². The van der Waals surface area contributed by atoms with Gasteiger partial charge in [0.2, 0.25) is 6.79 Å². The third-order valence-electron chi connectivity index (χ3n) is 4.69. The Morgan fingerprint density at radius 2 is 1.62 bits per heavy atom. The Morgan fingerprint density at radius 3 is 2.41 bits per heavy atom. The lowest BCUT2D eigenvalue weighted by atomic mass is 10.1. The number of hydrogen-bond donors (Lipinski definition) is 0. The molecule has 0 unspecified atom stereocenters. The Hall–Kier alpha value is -3.03. The Kier molecular flexibility index (Phi) is 6.29. The van der Waals surface area contributed by atoms with Gasteiger partial charge in [0.05, 0.1) is 6.61 Å². The average Bonchev–Trinajstić information content (AvgIpc) is 3.22. The van der Waals surface area contributed by atoms with E-state index in [2.05, 4.69) is 25.9 Å². The predicted molar refractivity (Wildman–Crippen MR) is 107 cm³/mol. The van der Waals surface area contributed by atoms with Gasteiger partial charge in [0.15, 0.2) is 11.5 Å². The van der Waals surface area contributed by atoms with Gasteiger partial charge in [-0.25, -0.2) is 9.97 Å². The van der Waals surface area contributed by atoms with Gasteiger partial charge in [0.25, 0.3) is 0 Å². The summed E-state index contributed by atoms with van der Waals surface area (Å²) >= 11 is 0. The summed E-state index contributed by atoms with van der Waals surface area (Å²) in [5, 5.41) is 0. The molecule has 0 amide bonds. The van der Waals surface area contributed by atoms with E-state index in [9.17, 15) is 0 Å². The normalized spacial score (nSPS) is 12.5. The van der Waals surface area contributed by atoms with Crippen LogP contribution in [-0.4, -0.2) is 40.4 Å². The van der Waals surface area contributed by atoms with E-state index < -0.39 is 0 Å². The van der Waals surface area contributed by atoms with E-state index in [1.165, 1.54) is 11.1 Å².